The number of nitrogens with zero attached hydrogens (tertiary/aromatic N) is 1. The fraction of sp³-hybridized carbons (Fsp3) is 0.182. The van der Waals surface area contributed by atoms with Crippen LogP contribution in [0.25, 0.3) is 0 Å². The number of carbonyl (C=O) groups is 2. The van der Waals surface area contributed by atoms with E-state index in [4.69, 9.17) is 28.3 Å². The number of hydroxylamine groups is 1. The molecular formula is C11H10Cl2N2O5. The van der Waals surface area contributed by atoms with Gasteiger partial charge in [-0.05, 0) is 12.1 Å². The lowest BCUT2D eigenvalue weighted by molar-refractivity contribution is -0.150. The molecule has 0 saturated heterocycles. The molecule has 1 amide bonds. The van der Waals surface area contributed by atoms with Gasteiger partial charge in [-0.2, -0.15) is 0 Å². The Bertz CT molecular complexity index is 501. The molecule has 0 saturated carbocycles. The first kappa shape index (κ1) is 16.2. The second-order valence-corrected chi connectivity index (χ2v) is 4.17. The van der Waals surface area contributed by atoms with Gasteiger partial charge < -0.3 is 9.94 Å². The van der Waals surface area contributed by atoms with E-state index in [-0.39, 0.29) is 0 Å². The van der Waals surface area contributed by atoms with Crippen LogP contribution in [0.2, 0.25) is 10.0 Å². The molecule has 0 radical (unpaired) electrons. The molecule has 0 bridgehead atoms. The van der Waals surface area contributed by atoms with Gasteiger partial charge in [0.05, 0.1) is 16.3 Å². The number of amides is 1. The van der Waals surface area contributed by atoms with Gasteiger partial charge in [0.25, 0.3) is 5.91 Å². The summed E-state index contributed by atoms with van der Waals surface area (Å²) in [6.07, 6.45) is 1.26. The third kappa shape index (κ3) is 5.87. The van der Waals surface area contributed by atoms with Crippen LogP contribution in [-0.4, -0.2) is 36.4 Å². The summed E-state index contributed by atoms with van der Waals surface area (Å²) in [6, 6.07) is 4.93. The van der Waals surface area contributed by atoms with Crippen LogP contribution in [0.1, 0.15) is 5.56 Å². The normalized spacial score (nSPS) is 10.5. The minimum Gasteiger partial charge on any atom is -0.479 e. The third-order valence-corrected chi connectivity index (χ3v) is 2.49. The van der Waals surface area contributed by atoms with Crippen LogP contribution in [0.15, 0.2) is 23.4 Å². The first-order valence-corrected chi connectivity index (χ1v) is 5.98. The van der Waals surface area contributed by atoms with E-state index in [1.807, 2.05) is 5.48 Å². The average molecular weight is 321 g/mol. The van der Waals surface area contributed by atoms with Crippen molar-refractivity contribution in [1.82, 2.24) is 5.48 Å². The zero-order chi connectivity index (χ0) is 15.0. The zero-order valence-electron chi connectivity index (χ0n) is 10.0. The molecule has 0 atom stereocenters. The molecule has 108 valence electrons. The zero-order valence-corrected chi connectivity index (χ0v) is 11.5. The number of aliphatic carboxylic acids is 1. The number of benzene rings is 1. The van der Waals surface area contributed by atoms with Gasteiger partial charge in [-0.25, -0.2) is 10.3 Å². The summed E-state index contributed by atoms with van der Waals surface area (Å²) >= 11 is 11.8. The topological polar surface area (TPSA) is 97.2 Å². The lowest BCUT2D eigenvalue weighted by Gasteiger charge is -2.03. The summed E-state index contributed by atoms with van der Waals surface area (Å²) < 4.78 is 0. The molecule has 0 heterocycles. The fourth-order valence-electron chi connectivity index (χ4n) is 1.03. The average Bonchev–Trinajstić information content (AvgIpc) is 2.37. The smallest absolute Gasteiger partial charge is 0.332 e. The summed E-state index contributed by atoms with van der Waals surface area (Å²) in [6.45, 7) is -1.09. The van der Waals surface area contributed by atoms with Crippen molar-refractivity contribution in [1.29, 1.82) is 0 Å². The Morgan fingerprint density at radius 1 is 1.30 bits per heavy atom. The number of carboxylic acid groups (broad SMARTS) is 1. The number of carboxylic acids is 1. The second-order valence-electron chi connectivity index (χ2n) is 3.35. The maximum atomic E-state index is 11.1. The van der Waals surface area contributed by atoms with Gasteiger partial charge in [0.1, 0.15) is 0 Å². The molecule has 7 nitrogen and oxygen atoms in total. The summed E-state index contributed by atoms with van der Waals surface area (Å²) in [5, 5.41) is 12.6. The van der Waals surface area contributed by atoms with Crippen LogP contribution in [0, 0.1) is 0 Å². The van der Waals surface area contributed by atoms with Crippen molar-refractivity contribution in [2.24, 2.45) is 5.16 Å². The first-order chi connectivity index (χ1) is 9.50. The standard InChI is InChI=1S/C11H10Cl2N2O5/c12-8-2-1-3-9(13)7(8)4-14-19-5-10(16)15-20-6-11(17)18/h1-4H,5-6H2,(H,15,16)(H,17,18). The Kier molecular flexibility index (Phi) is 6.78. The minimum absolute atomic E-state index is 0.388. The van der Waals surface area contributed by atoms with Gasteiger partial charge >= 0.3 is 5.97 Å². The predicted molar refractivity (Wildman–Crippen MR) is 71.7 cm³/mol. The Hall–Kier alpha value is -1.83. The van der Waals surface area contributed by atoms with Gasteiger partial charge in [0, 0.05) is 5.56 Å². The second kappa shape index (κ2) is 8.36. The highest BCUT2D eigenvalue weighted by Gasteiger charge is 2.04. The molecule has 0 fully saturated rings. The lowest BCUT2D eigenvalue weighted by Crippen LogP contribution is -2.29. The molecule has 0 aliphatic heterocycles. The van der Waals surface area contributed by atoms with E-state index < -0.39 is 25.1 Å². The Morgan fingerprint density at radius 3 is 2.55 bits per heavy atom. The largest absolute Gasteiger partial charge is 0.479 e. The quantitative estimate of drug-likeness (QED) is 0.585. The minimum atomic E-state index is -1.21. The number of hydrogen-bond acceptors (Lipinski definition) is 5. The molecule has 1 aromatic rings. The van der Waals surface area contributed by atoms with Crippen LogP contribution in [0.5, 0.6) is 0 Å². The van der Waals surface area contributed by atoms with Gasteiger partial charge in [-0.1, -0.05) is 34.4 Å². The van der Waals surface area contributed by atoms with Crippen LogP contribution in [0.3, 0.4) is 0 Å². The highest BCUT2D eigenvalue weighted by Crippen LogP contribution is 2.22. The summed E-state index contributed by atoms with van der Waals surface area (Å²) in [4.78, 5) is 30.2. The third-order valence-electron chi connectivity index (χ3n) is 1.83. The molecule has 1 rings (SSSR count). The Balaban J connectivity index is 2.35. The first-order valence-electron chi connectivity index (χ1n) is 5.22. The molecule has 9 heteroatoms. The van der Waals surface area contributed by atoms with E-state index >= 15 is 0 Å². The Labute approximate surface area is 124 Å². The van der Waals surface area contributed by atoms with Crippen LogP contribution in [-0.2, 0) is 19.3 Å². The molecule has 0 aromatic heterocycles. The molecular weight excluding hydrogens is 311 g/mol. The van der Waals surface area contributed by atoms with E-state index in [0.29, 0.717) is 15.6 Å². The summed E-state index contributed by atoms with van der Waals surface area (Å²) in [5.74, 6) is -1.90. The van der Waals surface area contributed by atoms with Gasteiger partial charge in [0.2, 0.25) is 0 Å². The van der Waals surface area contributed by atoms with E-state index in [1.165, 1.54) is 6.21 Å². The monoisotopic (exact) mass is 320 g/mol. The van der Waals surface area contributed by atoms with Gasteiger partial charge in [0.15, 0.2) is 13.2 Å². The van der Waals surface area contributed by atoms with E-state index in [2.05, 4.69) is 14.8 Å². The SMILES string of the molecule is O=C(O)CONC(=O)CON=Cc1c(Cl)cccc1Cl. The van der Waals surface area contributed by atoms with Crippen LogP contribution < -0.4 is 5.48 Å². The predicted octanol–water partition coefficient (Wildman–Crippen LogP) is 1.48. The Morgan fingerprint density at radius 2 is 1.95 bits per heavy atom. The van der Waals surface area contributed by atoms with Crippen molar-refractivity contribution in [2.45, 2.75) is 0 Å². The van der Waals surface area contributed by atoms with Crippen LogP contribution >= 0.6 is 23.2 Å². The van der Waals surface area contributed by atoms with Crippen molar-refractivity contribution in [3.63, 3.8) is 0 Å². The van der Waals surface area contributed by atoms with E-state index in [1.54, 1.807) is 18.2 Å². The molecule has 0 aliphatic carbocycles. The molecule has 0 spiro atoms. The van der Waals surface area contributed by atoms with Crippen LogP contribution in [0.4, 0.5) is 0 Å². The maximum absolute atomic E-state index is 11.1. The van der Waals surface area contributed by atoms with E-state index in [9.17, 15) is 9.59 Å². The fourth-order valence-corrected chi connectivity index (χ4v) is 1.52. The van der Waals surface area contributed by atoms with Gasteiger partial charge in [-0.3, -0.25) is 9.63 Å². The number of hydrogen-bond donors (Lipinski definition) is 2. The van der Waals surface area contributed by atoms with Crippen molar-refractivity contribution in [3.8, 4) is 0 Å². The summed E-state index contributed by atoms with van der Waals surface area (Å²) in [5.41, 5.74) is 2.32. The van der Waals surface area contributed by atoms with Crippen molar-refractivity contribution >= 4 is 41.3 Å². The number of carbonyl (C=O) groups excluding carboxylic acids is 1. The molecule has 2 N–H and O–H groups in total. The highest BCUT2D eigenvalue weighted by molar-refractivity contribution is 6.38. The van der Waals surface area contributed by atoms with Crippen molar-refractivity contribution in [2.75, 3.05) is 13.2 Å². The molecule has 0 aliphatic rings. The number of halogens is 2. The molecule has 20 heavy (non-hydrogen) atoms. The number of nitrogens with one attached hydrogen (secondary N) is 1. The van der Waals surface area contributed by atoms with E-state index in [0.717, 1.165) is 0 Å². The summed E-state index contributed by atoms with van der Waals surface area (Å²) in [7, 11) is 0. The van der Waals surface area contributed by atoms with Crippen molar-refractivity contribution in [3.05, 3.63) is 33.8 Å². The maximum Gasteiger partial charge on any atom is 0.332 e. The number of rotatable bonds is 7. The molecule has 0 unspecified atom stereocenters. The van der Waals surface area contributed by atoms with Crippen molar-refractivity contribution < 1.29 is 24.4 Å². The number of oxime groups is 1. The lowest BCUT2D eigenvalue weighted by atomic mass is 10.2. The highest BCUT2D eigenvalue weighted by atomic mass is 35.5. The van der Waals surface area contributed by atoms with Gasteiger partial charge in [-0.15, -0.1) is 0 Å². The molecule has 1 aromatic carbocycles.